The first-order valence-corrected chi connectivity index (χ1v) is 6.66. The van der Waals surface area contributed by atoms with E-state index in [0.717, 1.165) is 39.3 Å². The van der Waals surface area contributed by atoms with Gasteiger partial charge in [-0.05, 0) is 0 Å². The summed E-state index contributed by atoms with van der Waals surface area (Å²) in [5.41, 5.74) is 0. The van der Waals surface area contributed by atoms with Crippen LogP contribution in [0, 0.1) is 0 Å². The maximum absolute atomic E-state index is 11.9. The molecule has 6 nitrogen and oxygen atoms in total. The molecule has 0 aromatic rings. The van der Waals surface area contributed by atoms with E-state index in [2.05, 4.69) is 15.1 Å². The van der Waals surface area contributed by atoms with Gasteiger partial charge in [-0.25, -0.2) is 0 Å². The SMILES string of the molecule is CN1C(=O)CC(N2CCN(C3CNC3)CC2)C1=O. The fourth-order valence-electron chi connectivity index (χ4n) is 2.97. The van der Waals surface area contributed by atoms with Gasteiger partial charge >= 0.3 is 0 Å². The maximum Gasteiger partial charge on any atom is 0.246 e. The highest BCUT2D eigenvalue weighted by atomic mass is 16.2. The molecule has 3 heterocycles. The number of likely N-dealkylation sites (N-methyl/N-ethyl adjacent to an activating group) is 1. The van der Waals surface area contributed by atoms with Gasteiger partial charge in [-0.15, -0.1) is 0 Å². The molecular formula is C12H20N4O2. The van der Waals surface area contributed by atoms with Crippen molar-refractivity contribution < 1.29 is 9.59 Å². The minimum absolute atomic E-state index is 0.0289. The van der Waals surface area contributed by atoms with Crippen LogP contribution in [-0.2, 0) is 9.59 Å². The number of rotatable bonds is 2. The summed E-state index contributed by atoms with van der Waals surface area (Å²) in [4.78, 5) is 29.4. The van der Waals surface area contributed by atoms with Crippen LogP contribution in [0.4, 0.5) is 0 Å². The molecule has 3 fully saturated rings. The summed E-state index contributed by atoms with van der Waals surface area (Å²) in [7, 11) is 1.58. The first-order valence-electron chi connectivity index (χ1n) is 6.66. The molecule has 6 heteroatoms. The number of nitrogens with zero attached hydrogens (tertiary/aromatic N) is 3. The van der Waals surface area contributed by atoms with E-state index in [1.54, 1.807) is 7.05 Å². The summed E-state index contributed by atoms with van der Waals surface area (Å²) in [6.45, 7) is 5.98. The van der Waals surface area contributed by atoms with Gasteiger partial charge in [0.2, 0.25) is 11.8 Å². The van der Waals surface area contributed by atoms with Crippen LogP contribution in [0.5, 0.6) is 0 Å². The van der Waals surface area contributed by atoms with Gasteiger partial charge in [0, 0.05) is 52.4 Å². The number of hydrogen-bond donors (Lipinski definition) is 1. The van der Waals surface area contributed by atoms with Crippen LogP contribution >= 0.6 is 0 Å². The van der Waals surface area contributed by atoms with E-state index in [0.29, 0.717) is 12.5 Å². The van der Waals surface area contributed by atoms with Crippen molar-refractivity contribution in [3.8, 4) is 0 Å². The molecule has 0 saturated carbocycles. The molecule has 0 aromatic carbocycles. The Bertz CT molecular complexity index is 361. The Morgan fingerprint density at radius 1 is 1.06 bits per heavy atom. The van der Waals surface area contributed by atoms with E-state index in [-0.39, 0.29) is 17.9 Å². The van der Waals surface area contributed by atoms with E-state index in [1.165, 1.54) is 4.90 Å². The van der Waals surface area contributed by atoms with Crippen LogP contribution in [0.2, 0.25) is 0 Å². The zero-order valence-electron chi connectivity index (χ0n) is 10.8. The van der Waals surface area contributed by atoms with Crippen LogP contribution in [0.15, 0.2) is 0 Å². The van der Waals surface area contributed by atoms with Gasteiger partial charge in [0.15, 0.2) is 0 Å². The van der Waals surface area contributed by atoms with Gasteiger partial charge in [0.05, 0.1) is 12.5 Å². The van der Waals surface area contributed by atoms with Gasteiger partial charge in [-0.1, -0.05) is 0 Å². The second-order valence-electron chi connectivity index (χ2n) is 5.39. The Balaban J connectivity index is 1.56. The minimum atomic E-state index is -0.204. The van der Waals surface area contributed by atoms with E-state index in [4.69, 9.17) is 0 Å². The van der Waals surface area contributed by atoms with Crippen LogP contribution in [0.1, 0.15) is 6.42 Å². The molecule has 0 spiro atoms. The fourth-order valence-corrected chi connectivity index (χ4v) is 2.97. The standard InChI is InChI=1S/C12H20N4O2/c1-14-11(17)6-10(12(14)18)16-4-2-15(3-5-16)9-7-13-8-9/h9-10,13H,2-8H2,1H3. The zero-order chi connectivity index (χ0) is 12.7. The topological polar surface area (TPSA) is 55.9 Å². The smallest absolute Gasteiger partial charge is 0.246 e. The molecule has 1 N–H and O–H groups in total. The first-order chi connectivity index (χ1) is 8.66. The predicted molar refractivity (Wildman–Crippen MR) is 66.0 cm³/mol. The number of carbonyl (C=O) groups is 2. The molecule has 0 radical (unpaired) electrons. The Kier molecular flexibility index (Phi) is 3.09. The van der Waals surface area contributed by atoms with Crippen molar-refractivity contribution in [1.29, 1.82) is 0 Å². The highest BCUT2D eigenvalue weighted by molar-refractivity contribution is 6.05. The fraction of sp³-hybridized carbons (Fsp3) is 0.833. The van der Waals surface area contributed by atoms with E-state index in [9.17, 15) is 9.59 Å². The third-order valence-corrected chi connectivity index (χ3v) is 4.42. The first kappa shape index (κ1) is 12.1. The Hall–Kier alpha value is -0.980. The number of imide groups is 1. The largest absolute Gasteiger partial charge is 0.314 e. The molecule has 3 aliphatic heterocycles. The van der Waals surface area contributed by atoms with Crippen molar-refractivity contribution in [2.75, 3.05) is 46.3 Å². The van der Waals surface area contributed by atoms with Gasteiger partial charge < -0.3 is 5.32 Å². The molecule has 18 heavy (non-hydrogen) atoms. The summed E-state index contributed by atoms with van der Waals surface area (Å²) >= 11 is 0. The predicted octanol–water partition coefficient (Wildman–Crippen LogP) is -1.67. The van der Waals surface area contributed by atoms with Crippen LogP contribution in [-0.4, -0.2) is 84.9 Å². The van der Waals surface area contributed by atoms with Crippen molar-refractivity contribution in [1.82, 2.24) is 20.0 Å². The number of hydrogen-bond acceptors (Lipinski definition) is 5. The average molecular weight is 252 g/mol. The Morgan fingerprint density at radius 3 is 2.11 bits per heavy atom. The molecule has 1 unspecified atom stereocenters. The van der Waals surface area contributed by atoms with E-state index >= 15 is 0 Å². The highest BCUT2D eigenvalue weighted by Crippen LogP contribution is 2.19. The van der Waals surface area contributed by atoms with E-state index < -0.39 is 0 Å². The van der Waals surface area contributed by atoms with Gasteiger partial charge in [0.25, 0.3) is 0 Å². The van der Waals surface area contributed by atoms with Crippen molar-refractivity contribution in [2.24, 2.45) is 0 Å². The van der Waals surface area contributed by atoms with E-state index in [1.807, 2.05) is 0 Å². The maximum atomic E-state index is 11.9. The third kappa shape index (κ3) is 1.94. The summed E-state index contributed by atoms with van der Waals surface area (Å²) in [6, 6.07) is 0.472. The lowest BCUT2D eigenvalue weighted by Crippen LogP contribution is -2.62. The van der Waals surface area contributed by atoms with Crippen molar-refractivity contribution in [3.63, 3.8) is 0 Å². The summed E-state index contributed by atoms with van der Waals surface area (Å²) < 4.78 is 0. The molecule has 100 valence electrons. The number of carbonyl (C=O) groups excluding carboxylic acids is 2. The summed E-state index contributed by atoms with van der Waals surface area (Å²) in [5.74, 6) is -0.0746. The van der Waals surface area contributed by atoms with Gasteiger partial charge in [-0.3, -0.25) is 24.3 Å². The third-order valence-electron chi connectivity index (χ3n) is 4.42. The quantitative estimate of drug-likeness (QED) is 0.596. The molecule has 0 aromatic heterocycles. The normalized spacial score (nSPS) is 32.1. The number of nitrogens with one attached hydrogen (secondary N) is 1. The summed E-state index contributed by atoms with van der Waals surface area (Å²) in [6.07, 6.45) is 0.361. The molecule has 3 aliphatic rings. The Morgan fingerprint density at radius 2 is 1.67 bits per heavy atom. The molecule has 0 aliphatic carbocycles. The minimum Gasteiger partial charge on any atom is -0.314 e. The van der Waals surface area contributed by atoms with Crippen molar-refractivity contribution in [3.05, 3.63) is 0 Å². The molecular weight excluding hydrogens is 232 g/mol. The highest BCUT2D eigenvalue weighted by Gasteiger charge is 2.41. The van der Waals surface area contributed by atoms with Gasteiger partial charge in [0.1, 0.15) is 0 Å². The van der Waals surface area contributed by atoms with Gasteiger partial charge in [-0.2, -0.15) is 0 Å². The van der Waals surface area contributed by atoms with Crippen LogP contribution < -0.4 is 5.32 Å². The summed E-state index contributed by atoms with van der Waals surface area (Å²) in [5, 5.41) is 3.28. The zero-order valence-corrected chi connectivity index (χ0v) is 10.8. The Labute approximate surface area is 107 Å². The molecule has 2 amide bonds. The second kappa shape index (κ2) is 4.60. The monoisotopic (exact) mass is 252 g/mol. The lowest BCUT2D eigenvalue weighted by atomic mass is 10.1. The van der Waals surface area contributed by atoms with Crippen molar-refractivity contribution >= 4 is 11.8 Å². The molecule has 1 atom stereocenters. The molecule has 0 bridgehead atoms. The number of likely N-dealkylation sites (tertiary alicyclic amines) is 1. The molecule has 3 rings (SSSR count). The average Bonchev–Trinajstić information content (AvgIpc) is 2.56. The number of piperazine rings is 1. The lowest BCUT2D eigenvalue weighted by molar-refractivity contribution is -0.138. The lowest BCUT2D eigenvalue weighted by Gasteiger charge is -2.44. The van der Waals surface area contributed by atoms with Crippen LogP contribution in [0.25, 0.3) is 0 Å². The number of amides is 2. The molecule has 3 saturated heterocycles. The van der Waals surface area contributed by atoms with Crippen LogP contribution in [0.3, 0.4) is 0 Å². The van der Waals surface area contributed by atoms with Crippen molar-refractivity contribution in [2.45, 2.75) is 18.5 Å². The second-order valence-corrected chi connectivity index (χ2v) is 5.39.